The number of carbonyl (C=O) groups excluding carboxylic acids is 1. The number of rotatable bonds is 7. The van der Waals surface area contributed by atoms with Crippen molar-refractivity contribution in [2.45, 2.75) is 37.8 Å². The minimum Gasteiger partial charge on any atom is -0.483 e. The van der Waals surface area contributed by atoms with Gasteiger partial charge in [-0.2, -0.15) is 0 Å². The predicted molar refractivity (Wildman–Crippen MR) is 94.5 cm³/mol. The Labute approximate surface area is 149 Å². The van der Waals surface area contributed by atoms with Gasteiger partial charge in [0.1, 0.15) is 5.75 Å². The summed E-state index contributed by atoms with van der Waals surface area (Å²) in [5.41, 5.74) is 0.298. The average Bonchev–Trinajstić information content (AvgIpc) is 3.16. The van der Waals surface area contributed by atoms with Gasteiger partial charge in [-0.25, -0.2) is 0 Å². The van der Waals surface area contributed by atoms with Crippen LogP contribution < -0.4 is 10.1 Å². The summed E-state index contributed by atoms with van der Waals surface area (Å²) in [5.74, 6) is 0.776. The number of nitrogens with one attached hydrogen (secondary N) is 1. The number of hydrogen-bond donors (Lipinski definition) is 2. The van der Waals surface area contributed by atoms with Crippen molar-refractivity contribution in [2.75, 3.05) is 39.5 Å². The Morgan fingerprint density at radius 2 is 1.96 bits per heavy atom. The van der Waals surface area contributed by atoms with Gasteiger partial charge < -0.3 is 24.8 Å². The Morgan fingerprint density at radius 3 is 2.72 bits per heavy atom. The fourth-order valence-corrected chi connectivity index (χ4v) is 3.35. The summed E-state index contributed by atoms with van der Waals surface area (Å²) in [6.45, 7) is 4.10. The monoisotopic (exact) mass is 348 g/mol. The van der Waals surface area contributed by atoms with E-state index in [0.29, 0.717) is 39.1 Å². The van der Waals surface area contributed by atoms with E-state index in [9.17, 15) is 9.90 Å². The van der Waals surface area contributed by atoms with Crippen LogP contribution in [-0.2, 0) is 16.1 Å². The number of hydrogen-bond acceptors (Lipinski definition) is 5. The summed E-state index contributed by atoms with van der Waals surface area (Å²) < 4.78 is 11.1. The van der Waals surface area contributed by atoms with Gasteiger partial charge in [-0.05, 0) is 18.9 Å². The molecule has 2 saturated heterocycles. The van der Waals surface area contributed by atoms with Crippen LogP contribution in [0.1, 0.15) is 31.2 Å². The van der Waals surface area contributed by atoms with Crippen LogP contribution in [0.3, 0.4) is 0 Å². The molecule has 2 aliphatic rings. The van der Waals surface area contributed by atoms with Gasteiger partial charge >= 0.3 is 0 Å². The van der Waals surface area contributed by atoms with Gasteiger partial charge in [0.25, 0.3) is 5.91 Å². The highest BCUT2D eigenvalue weighted by atomic mass is 16.5. The molecule has 0 bridgehead atoms. The lowest BCUT2D eigenvalue weighted by Crippen LogP contribution is -2.44. The van der Waals surface area contributed by atoms with Crippen LogP contribution in [0.15, 0.2) is 24.3 Å². The van der Waals surface area contributed by atoms with E-state index in [-0.39, 0.29) is 12.5 Å². The van der Waals surface area contributed by atoms with Crippen LogP contribution in [0.5, 0.6) is 5.75 Å². The first-order valence-electron chi connectivity index (χ1n) is 9.16. The van der Waals surface area contributed by atoms with Crippen LogP contribution in [-0.4, -0.2) is 61.0 Å². The molecule has 1 aromatic rings. The molecule has 0 unspecified atom stereocenters. The molecule has 1 aromatic carbocycles. The van der Waals surface area contributed by atoms with E-state index < -0.39 is 5.60 Å². The summed E-state index contributed by atoms with van der Waals surface area (Å²) >= 11 is 0. The zero-order valence-electron chi connectivity index (χ0n) is 14.7. The van der Waals surface area contributed by atoms with Gasteiger partial charge in [0.05, 0.1) is 5.60 Å². The Balaban J connectivity index is 1.49. The Morgan fingerprint density at radius 1 is 1.24 bits per heavy atom. The van der Waals surface area contributed by atoms with E-state index in [1.165, 1.54) is 0 Å². The number of likely N-dealkylation sites (tertiary alicyclic amines) is 1. The van der Waals surface area contributed by atoms with Crippen LogP contribution in [0.4, 0.5) is 0 Å². The maximum absolute atomic E-state index is 12.1. The van der Waals surface area contributed by atoms with Crippen LogP contribution in [0, 0.1) is 0 Å². The van der Waals surface area contributed by atoms with Crippen molar-refractivity contribution >= 4 is 5.91 Å². The number of ether oxygens (including phenoxy) is 2. The topological polar surface area (TPSA) is 71.0 Å². The Kier molecular flexibility index (Phi) is 6.29. The highest BCUT2D eigenvalue weighted by Crippen LogP contribution is 2.21. The third-order valence-electron chi connectivity index (χ3n) is 4.98. The zero-order chi connectivity index (χ0) is 17.5. The SMILES string of the molecule is O=C(COc1ccccc1CNCC1(O)CCOCC1)N1CCCC1. The normalized spacial score (nSPS) is 19.8. The van der Waals surface area contributed by atoms with Crippen molar-refractivity contribution in [1.82, 2.24) is 10.2 Å². The molecule has 2 aliphatic heterocycles. The maximum Gasteiger partial charge on any atom is 0.260 e. The highest BCUT2D eigenvalue weighted by molar-refractivity contribution is 5.78. The molecule has 138 valence electrons. The molecule has 2 fully saturated rings. The quantitative estimate of drug-likeness (QED) is 0.778. The van der Waals surface area contributed by atoms with E-state index in [1.54, 1.807) is 0 Å². The lowest BCUT2D eigenvalue weighted by Gasteiger charge is -2.32. The van der Waals surface area contributed by atoms with E-state index in [2.05, 4.69) is 5.32 Å². The van der Waals surface area contributed by atoms with Gasteiger partial charge in [0.15, 0.2) is 6.61 Å². The number of benzene rings is 1. The van der Waals surface area contributed by atoms with E-state index in [0.717, 1.165) is 37.2 Å². The largest absolute Gasteiger partial charge is 0.483 e. The second kappa shape index (κ2) is 8.65. The van der Waals surface area contributed by atoms with E-state index in [1.807, 2.05) is 29.2 Å². The minimum absolute atomic E-state index is 0.0526. The van der Waals surface area contributed by atoms with E-state index >= 15 is 0 Å². The molecular formula is C19H28N2O4. The molecule has 2 heterocycles. The number of para-hydroxylation sites is 1. The number of nitrogens with zero attached hydrogens (tertiary/aromatic N) is 1. The molecule has 3 rings (SSSR count). The molecule has 25 heavy (non-hydrogen) atoms. The summed E-state index contributed by atoms with van der Waals surface area (Å²) in [6.07, 6.45) is 3.48. The Hall–Kier alpha value is -1.63. The standard InChI is InChI=1S/C19H28N2O4/c22-18(21-9-3-4-10-21)14-25-17-6-2-1-5-16(17)13-20-15-19(23)7-11-24-12-8-19/h1-2,5-6,20,23H,3-4,7-15H2. The van der Waals surface area contributed by atoms with E-state index in [4.69, 9.17) is 9.47 Å². The van der Waals surface area contributed by atoms with Gasteiger partial charge in [-0.15, -0.1) is 0 Å². The van der Waals surface area contributed by atoms with Crippen molar-refractivity contribution in [3.05, 3.63) is 29.8 Å². The maximum atomic E-state index is 12.1. The molecular weight excluding hydrogens is 320 g/mol. The van der Waals surface area contributed by atoms with Gasteiger partial charge in [-0.3, -0.25) is 4.79 Å². The molecule has 1 amide bonds. The summed E-state index contributed by atoms with van der Waals surface area (Å²) in [6, 6.07) is 7.73. The molecule has 6 heteroatoms. The Bertz CT molecular complexity index is 566. The lowest BCUT2D eigenvalue weighted by molar-refractivity contribution is -0.132. The molecule has 0 radical (unpaired) electrons. The van der Waals surface area contributed by atoms with Crippen LogP contribution >= 0.6 is 0 Å². The first-order valence-corrected chi connectivity index (χ1v) is 9.16. The average molecular weight is 348 g/mol. The minimum atomic E-state index is -0.695. The first kappa shape index (κ1) is 18.2. The number of amides is 1. The molecule has 0 atom stereocenters. The van der Waals surface area contributed by atoms with Gasteiger partial charge in [-0.1, -0.05) is 18.2 Å². The number of carbonyl (C=O) groups is 1. The van der Waals surface area contributed by atoms with Crippen molar-refractivity contribution < 1.29 is 19.4 Å². The third kappa shape index (κ3) is 5.17. The summed E-state index contributed by atoms with van der Waals surface area (Å²) in [7, 11) is 0. The zero-order valence-corrected chi connectivity index (χ0v) is 14.7. The molecule has 2 N–H and O–H groups in total. The highest BCUT2D eigenvalue weighted by Gasteiger charge is 2.29. The smallest absolute Gasteiger partial charge is 0.260 e. The molecule has 6 nitrogen and oxygen atoms in total. The molecule has 0 aromatic heterocycles. The van der Waals surface area contributed by atoms with Gasteiger partial charge in [0, 0.05) is 57.8 Å². The number of aliphatic hydroxyl groups is 1. The van der Waals surface area contributed by atoms with Crippen molar-refractivity contribution in [3.8, 4) is 5.75 Å². The fraction of sp³-hybridized carbons (Fsp3) is 0.632. The van der Waals surface area contributed by atoms with Crippen molar-refractivity contribution in [1.29, 1.82) is 0 Å². The fourth-order valence-electron chi connectivity index (χ4n) is 3.35. The molecule has 0 spiro atoms. The predicted octanol–water partition coefficient (Wildman–Crippen LogP) is 1.32. The summed E-state index contributed by atoms with van der Waals surface area (Å²) in [4.78, 5) is 14.0. The third-order valence-corrected chi connectivity index (χ3v) is 4.98. The lowest BCUT2D eigenvalue weighted by atomic mass is 9.94. The van der Waals surface area contributed by atoms with Crippen LogP contribution in [0.25, 0.3) is 0 Å². The molecule has 0 aliphatic carbocycles. The first-order chi connectivity index (χ1) is 12.2. The van der Waals surface area contributed by atoms with Crippen molar-refractivity contribution in [3.63, 3.8) is 0 Å². The second-order valence-corrected chi connectivity index (χ2v) is 6.92. The van der Waals surface area contributed by atoms with Crippen LogP contribution in [0.2, 0.25) is 0 Å². The van der Waals surface area contributed by atoms with Gasteiger partial charge in [0.2, 0.25) is 0 Å². The van der Waals surface area contributed by atoms with Crippen molar-refractivity contribution in [2.24, 2.45) is 0 Å². The second-order valence-electron chi connectivity index (χ2n) is 6.92. The summed E-state index contributed by atoms with van der Waals surface area (Å²) in [5, 5.41) is 13.8. The molecule has 0 saturated carbocycles.